The number of hydrogen-bond donors (Lipinski definition) is 2. The minimum absolute atomic E-state index is 0.0172. The first-order chi connectivity index (χ1) is 16.3. The third kappa shape index (κ3) is 4.82. The Morgan fingerprint density at radius 3 is 2.60 bits per heavy atom. The number of aromatic carboxylic acids is 1. The molecule has 35 heavy (non-hydrogen) atoms. The molecule has 2 N–H and O–H groups in total. The molecule has 1 saturated heterocycles. The molecule has 1 aliphatic heterocycles. The summed E-state index contributed by atoms with van der Waals surface area (Å²) in [4.78, 5) is 24.4. The van der Waals surface area contributed by atoms with Gasteiger partial charge in [-0.2, -0.15) is 0 Å². The summed E-state index contributed by atoms with van der Waals surface area (Å²) >= 11 is 0. The molecule has 1 aromatic rings. The Kier molecular flexibility index (Phi) is 6.74. The third-order valence-corrected chi connectivity index (χ3v) is 9.26. The molecule has 192 valence electrons. The van der Waals surface area contributed by atoms with Gasteiger partial charge in [-0.25, -0.2) is 13.2 Å². The fraction of sp³-hybridized carbons (Fsp3) is 0.667. The number of hydrogen-bond acceptors (Lipinski definition) is 7. The van der Waals surface area contributed by atoms with Gasteiger partial charge in [0, 0.05) is 12.7 Å². The molecular formula is C24H34BNO8S. The zero-order valence-electron chi connectivity index (χ0n) is 20.9. The van der Waals surface area contributed by atoms with Crippen molar-refractivity contribution < 1.29 is 37.2 Å². The fourth-order valence-corrected chi connectivity index (χ4v) is 6.79. The van der Waals surface area contributed by atoms with Gasteiger partial charge in [0.2, 0.25) is 5.91 Å². The van der Waals surface area contributed by atoms with Crippen LogP contribution in [-0.4, -0.2) is 69.3 Å². The molecule has 3 aliphatic carbocycles. The smallest absolute Gasteiger partial charge is 0.482 e. The van der Waals surface area contributed by atoms with Gasteiger partial charge in [0.25, 0.3) is 0 Å². The van der Waals surface area contributed by atoms with Gasteiger partial charge in [-0.05, 0) is 55.1 Å². The standard InChI is InChI=1S/C24H34BNO8S/c1-23(2)15-12-17(23)24(3)18(13-15)33-25(34-24)19(26-20(27)9-10-35(5,30)31)11-14-7-6-8-16(22(28)29)21(14)32-4/h6-8,15,17-19H,9-13H2,1-5H3,(H,26,27)(H,28,29). The summed E-state index contributed by atoms with van der Waals surface area (Å²) in [6, 6.07) is 4.82. The lowest BCUT2D eigenvalue weighted by atomic mass is 9.43. The molecule has 1 heterocycles. The Morgan fingerprint density at radius 1 is 1.29 bits per heavy atom. The zero-order chi connectivity index (χ0) is 25.8. The molecule has 11 heteroatoms. The molecule has 1 aromatic carbocycles. The summed E-state index contributed by atoms with van der Waals surface area (Å²) in [5.74, 6) is -1.40. The van der Waals surface area contributed by atoms with Crippen molar-refractivity contribution >= 4 is 28.8 Å². The molecule has 4 fully saturated rings. The fourth-order valence-electron chi connectivity index (χ4n) is 6.24. The van der Waals surface area contributed by atoms with Crippen molar-refractivity contribution in [2.24, 2.45) is 17.3 Å². The topological polar surface area (TPSA) is 128 Å². The van der Waals surface area contributed by atoms with Crippen LogP contribution in [0.3, 0.4) is 0 Å². The number of rotatable bonds is 9. The maximum Gasteiger partial charge on any atom is 0.482 e. The third-order valence-electron chi connectivity index (χ3n) is 8.31. The average Bonchev–Trinajstić information content (AvgIpc) is 3.13. The minimum Gasteiger partial charge on any atom is -0.496 e. The number of carboxylic acids is 1. The van der Waals surface area contributed by atoms with E-state index in [0.717, 1.165) is 19.1 Å². The lowest BCUT2D eigenvalue weighted by molar-refractivity contribution is -0.199. The molecule has 9 nitrogen and oxygen atoms in total. The summed E-state index contributed by atoms with van der Waals surface area (Å²) in [6.45, 7) is 6.60. The molecule has 2 bridgehead atoms. The van der Waals surface area contributed by atoms with Gasteiger partial charge < -0.3 is 24.5 Å². The van der Waals surface area contributed by atoms with Gasteiger partial charge in [-0.1, -0.05) is 26.0 Å². The molecule has 4 aliphatic rings. The van der Waals surface area contributed by atoms with Crippen molar-refractivity contribution in [3.05, 3.63) is 29.3 Å². The molecular weight excluding hydrogens is 473 g/mol. The van der Waals surface area contributed by atoms with E-state index >= 15 is 0 Å². The van der Waals surface area contributed by atoms with Crippen molar-refractivity contribution in [1.82, 2.24) is 5.32 Å². The van der Waals surface area contributed by atoms with E-state index in [4.69, 9.17) is 14.0 Å². The van der Waals surface area contributed by atoms with Gasteiger partial charge in [0.05, 0.1) is 30.5 Å². The molecule has 0 spiro atoms. The Balaban J connectivity index is 1.60. The predicted octanol–water partition coefficient (Wildman–Crippen LogP) is 2.12. The number of carbonyl (C=O) groups is 2. The monoisotopic (exact) mass is 507 g/mol. The van der Waals surface area contributed by atoms with E-state index < -0.39 is 40.4 Å². The highest BCUT2D eigenvalue weighted by Crippen LogP contribution is 2.65. The van der Waals surface area contributed by atoms with Crippen LogP contribution in [0.1, 0.15) is 56.0 Å². The Hall–Kier alpha value is -2.11. The second kappa shape index (κ2) is 9.08. The lowest BCUT2D eigenvalue weighted by Gasteiger charge is -2.64. The van der Waals surface area contributed by atoms with E-state index in [1.807, 2.05) is 0 Å². The van der Waals surface area contributed by atoms with Gasteiger partial charge >= 0.3 is 13.1 Å². The molecule has 5 rings (SSSR count). The average molecular weight is 507 g/mol. The number of carbonyl (C=O) groups excluding carboxylic acids is 1. The van der Waals surface area contributed by atoms with Crippen molar-refractivity contribution in [3.63, 3.8) is 0 Å². The van der Waals surface area contributed by atoms with Crippen LogP contribution < -0.4 is 10.1 Å². The van der Waals surface area contributed by atoms with Crippen molar-refractivity contribution in [3.8, 4) is 5.75 Å². The quantitative estimate of drug-likeness (QED) is 0.487. The Labute approximate surface area is 207 Å². The normalized spacial score (nSPS) is 29.6. The van der Waals surface area contributed by atoms with Crippen LogP contribution in [-0.2, 0) is 30.4 Å². The highest BCUT2D eigenvalue weighted by molar-refractivity contribution is 7.90. The highest BCUT2D eigenvalue weighted by Gasteiger charge is 2.68. The van der Waals surface area contributed by atoms with Crippen molar-refractivity contribution in [1.29, 1.82) is 0 Å². The first kappa shape index (κ1) is 26.0. The van der Waals surface area contributed by atoms with Gasteiger partial charge in [-0.15, -0.1) is 0 Å². The molecule has 0 aromatic heterocycles. The van der Waals surface area contributed by atoms with Crippen LogP contribution in [0.25, 0.3) is 0 Å². The van der Waals surface area contributed by atoms with Crippen LogP contribution in [0.5, 0.6) is 5.75 Å². The maximum atomic E-state index is 12.7. The number of benzene rings is 1. The second-order valence-corrected chi connectivity index (χ2v) is 13.2. The SMILES string of the molecule is COc1c(CC(NC(=O)CCS(C)(=O)=O)B2OC3CC4CC(C4(C)C)C3(C)O2)cccc1C(=O)O. The lowest BCUT2D eigenvalue weighted by Crippen LogP contribution is -2.65. The van der Waals surface area contributed by atoms with Gasteiger partial charge in [-0.3, -0.25) is 4.79 Å². The summed E-state index contributed by atoms with van der Waals surface area (Å²) in [5.41, 5.74) is 0.254. The predicted molar refractivity (Wildman–Crippen MR) is 130 cm³/mol. The van der Waals surface area contributed by atoms with E-state index in [1.54, 1.807) is 12.1 Å². The van der Waals surface area contributed by atoms with Gasteiger partial charge in [0.15, 0.2) is 0 Å². The first-order valence-corrected chi connectivity index (χ1v) is 14.0. The van der Waals surface area contributed by atoms with Crippen LogP contribution in [0.15, 0.2) is 18.2 Å². The summed E-state index contributed by atoms with van der Waals surface area (Å²) in [6.07, 6.45) is 2.95. The zero-order valence-corrected chi connectivity index (χ0v) is 21.7. The summed E-state index contributed by atoms with van der Waals surface area (Å²) in [5, 5.41) is 12.5. The highest BCUT2D eigenvalue weighted by atomic mass is 32.2. The van der Waals surface area contributed by atoms with Crippen LogP contribution >= 0.6 is 0 Å². The van der Waals surface area contributed by atoms with E-state index in [-0.39, 0.29) is 41.4 Å². The van der Waals surface area contributed by atoms with Crippen molar-refractivity contribution in [2.75, 3.05) is 19.1 Å². The summed E-state index contributed by atoms with van der Waals surface area (Å²) in [7, 11) is -2.67. The number of ether oxygens (including phenoxy) is 1. The first-order valence-electron chi connectivity index (χ1n) is 12.0. The largest absolute Gasteiger partial charge is 0.496 e. The number of carboxylic acid groups (broad SMARTS) is 1. The van der Waals surface area contributed by atoms with E-state index in [2.05, 4.69) is 26.1 Å². The van der Waals surface area contributed by atoms with E-state index in [0.29, 0.717) is 17.4 Å². The minimum atomic E-state index is -3.31. The number of para-hydroxylation sites is 1. The molecule has 1 amide bonds. The molecule has 5 atom stereocenters. The number of nitrogens with one attached hydrogen (secondary N) is 1. The Bertz CT molecular complexity index is 1120. The van der Waals surface area contributed by atoms with Crippen LogP contribution in [0.2, 0.25) is 0 Å². The molecule has 0 radical (unpaired) electrons. The number of methoxy groups -OCH3 is 1. The maximum absolute atomic E-state index is 12.7. The van der Waals surface area contributed by atoms with Crippen molar-refractivity contribution in [2.45, 2.75) is 64.1 Å². The van der Waals surface area contributed by atoms with Crippen LogP contribution in [0, 0.1) is 17.3 Å². The Morgan fingerprint density at radius 2 is 2.00 bits per heavy atom. The number of amides is 1. The number of sulfone groups is 1. The van der Waals surface area contributed by atoms with E-state index in [1.165, 1.54) is 13.2 Å². The molecule has 5 unspecified atom stereocenters. The molecule has 3 saturated carbocycles. The summed E-state index contributed by atoms with van der Waals surface area (Å²) < 4.78 is 41.5. The second-order valence-electron chi connectivity index (χ2n) is 10.9. The van der Waals surface area contributed by atoms with Gasteiger partial charge in [0.1, 0.15) is 21.2 Å². The van der Waals surface area contributed by atoms with Crippen LogP contribution in [0.4, 0.5) is 0 Å². The van der Waals surface area contributed by atoms with E-state index in [9.17, 15) is 23.1 Å².